The molecule has 0 saturated heterocycles. The Morgan fingerprint density at radius 3 is 2.73 bits per heavy atom. The van der Waals surface area contributed by atoms with Crippen LogP contribution in [0.2, 0.25) is 0 Å². The summed E-state index contributed by atoms with van der Waals surface area (Å²) in [5.41, 5.74) is 0.892. The first-order valence-electron chi connectivity index (χ1n) is 4.21. The third-order valence-electron chi connectivity index (χ3n) is 1.68. The fourth-order valence-electron chi connectivity index (χ4n) is 0.906. The molecule has 0 atom stereocenters. The summed E-state index contributed by atoms with van der Waals surface area (Å²) in [7, 11) is 7.43. The van der Waals surface area contributed by atoms with E-state index in [0.717, 1.165) is 18.4 Å². The second-order valence-corrected chi connectivity index (χ2v) is 2.66. The summed E-state index contributed by atoms with van der Waals surface area (Å²) in [6.45, 7) is 3.67. The second kappa shape index (κ2) is 7.58. The van der Waals surface area contributed by atoms with Gasteiger partial charge in [-0.3, -0.25) is 0 Å². The van der Waals surface area contributed by atoms with Crippen molar-refractivity contribution in [2.45, 2.75) is 32.1 Å². The van der Waals surface area contributed by atoms with Gasteiger partial charge < -0.3 is 0 Å². The van der Waals surface area contributed by atoms with Gasteiger partial charge in [-0.2, -0.15) is 0 Å². The molecule has 0 aliphatic carbocycles. The van der Waals surface area contributed by atoms with Crippen molar-refractivity contribution >= 4 is 13.1 Å². The van der Waals surface area contributed by atoms with Gasteiger partial charge in [0.25, 0.3) is 0 Å². The van der Waals surface area contributed by atoms with Crippen LogP contribution in [0.5, 0.6) is 0 Å². The molecule has 0 saturated carbocycles. The van der Waals surface area contributed by atoms with E-state index in [0.29, 0.717) is 0 Å². The van der Waals surface area contributed by atoms with Crippen molar-refractivity contribution in [1.82, 2.24) is 5.32 Å². The Kier molecular flexibility index (Phi) is 7.22. The molecule has 61 valence electrons. The van der Waals surface area contributed by atoms with Crippen LogP contribution in [-0.4, -0.2) is 20.1 Å². The van der Waals surface area contributed by atoms with Gasteiger partial charge in [0, 0.05) is 0 Å². The Labute approximate surface area is 71.0 Å². The van der Waals surface area contributed by atoms with Crippen molar-refractivity contribution in [3.8, 4) is 0 Å². The summed E-state index contributed by atoms with van der Waals surface area (Å²) in [5.74, 6) is 0. The molecule has 1 radical (unpaired) electrons. The van der Waals surface area contributed by atoms with Crippen molar-refractivity contribution < 1.29 is 0 Å². The minimum absolute atomic E-state index is 0.892. The molecule has 1 nitrogen and oxygen atoms in total. The Hall–Kier alpha value is -0.525. The predicted molar refractivity (Wildman–Crippen MR) is 53.1 cm³/mol. The molecule has 0 aliphatic heterocycles. The molecule has 2 heteroatoms. The van der Waals surface area contributed by atoms with Crippen LogP contribution >= 0.6 is 0 Å². The molecule has 0 aromatic rings. The molecule has 0 heterocycles. The van der Waals surface area contributed by atoms with Crippen molar-refractivity contribution in [1.29, 1.82) is 0 Å². The summed E-state index contributed by atoms with van der Waals surface area (Å²) in [5, 5.41) is 2.93. The van der Waals surface area contributed by atoms with Crippen molar-refractivity contribution in [2.24, 2.45) is 0 Å². The quantitative estimate of drug-likeness (QED) is 0.330. The van der Waals surface area contributed by atoms with Crippen LogP contribution in [0.4, 0.5) is 0 Å². The Balaban J connectivity index is 3.01. The van der Waals surface area contributed by atoms with Crippen LogP contribution in [0.15, 0.2) is 12.7 Å². The van der Waals surface area contributed by atoms with E-state index in [1.165, 1.54) is 19.3 Å². The molecule has 0 rings (SSSR count). The fourth-order valence-corrected chi connectivity index (χ4v) is 0.906. The van der Waals surface area contributed by atoms with E-state index in [-0.39, 0.29) is 0 Å². The average Bonchev–Trinajstić information content (AvgIpc) is 2.04. The summed E-state index contributed by atoms with van der Waals surface area (Å²) >= 11 is 0. The number of hydrogen-bond acceptors (Lipinski definition) is 1. The van der Waals surface area contributed by atoms with Gasteiger partial charge in [0.1, 0.15) is 0 Å². The third kappa shape index (κ3) is 7.37. The molecule has 0 aromatic heterocycles. The number of hydrogen-bond donors (Lipinski definition) is 1. The summed E-state index contributed by atoms with van der Waals surface area (Å²) in [4.78, 5) is 0. The first-order valence-corrected chi connectivity index (χ1v) is 4.21. The minimum atomic E-state index is 0.892. The molecule has 1 N–H and O–H groups in total. The van der Waals surface area contributed by atoms with Gasteiger partial charge in [-0.15, -0.1) is 0 Å². The zero-order valence-corrected chi connectivity index (χ0v) is 7.40. The van der Waals surface area contributed by atoms with E-state index in [1.54, 1.807) is 0 Å². The van der Waals surface area contributed by atoms with Gasteiger partial charge in [-0.05, 0) is 0 Å². The molecule has 0 bridgehead atoms. The monoisotopic (exact) mass is 150 g/mol. The summed E-state index contributed by atoms with van der Waals surface area (Å²) < 4.78 is 0. The first-order chi connectivity index (χ1) is 5.31. The third-order valence-corrected chi connectivity index (χ3v) is 1.68. The standard InChI is InChI=1S/C9H17BN/c1-3-4-5-6-7-8-9(10)11-2/h3,11H,1,4-8H2,2H3. The maximum atomic E-state index is 5.57. The van der Waals surface area contributed by atoms with Gasteiger partial charge in [-0.25, -0.2) is 0 Å². The fraction of sp³-hybridized carbons (Fsp3) is 0.667. The first kappa shape index (κ1) is 10.5. The topological polar surface area (TPSA) is 12.0 Å². The van der Waals surface area contributed by atoms with E-state index >= 15 is 0 Å². The molecular formula is C9H17BN. The van der Waals surface area contributed by atoms with Crippen LogP contribution < -0.4 is 5.32 Å². The second-order valence-electron chi connectivity index (χ2n) is 2.66. The van der Waals surface area contributed by atoms with E-state index in [9.17, 15) is 0 Å². The van der Waals surface area contributed by atoms with E-state index < -0.39 is 0 Å². The van der Waals surface area contributed by atoms with E-state index in [1.807, 2.05) is 13.1 Å². The molecule has 0 aliphatic rings. The molecule has 11 heavy (non-hydrogen) atoms. The summed E-state index contributed by atoms with van der Waals surface area (Å²) in [6, 6.07) is 0. The summed E-state index contributed by atoms with van der Waals surface area (Å²) in [6.07, 6.45) is 7.74. The molecule has 0 spiro atoms. The number of rotatable bonds is 7. The van der Waals surface area contributed by atoms with Crippen LogP contribution in [0.3, 0.4) is 0 Å². The number of nitrogens with one attached hydrogen (secondary N) is 1. The Bertz CT molecular complexity index is 121. The van der Waals surface area contributed by atoms with Crippen molar-refractivity contribution in [3.63, 3.8) is 0 Å². The number of unbranched alkanes of at least 4 members (excludes halogenated alkanes) is 3. The number of allylic oxidation sites excluding steroid dienone is 1. The van der Waals surface area contributed by atoms with Crippen molar-refractivity contribution in [3.05, 3.63) is 12.7 Å². The zero-order chi connectivity index (χ0) is 8.53. The van der Waals surface area contributed by atoms with Gasteiger partial charge in [-0.1, -0.05) is 0 Å². The maximum absolute atomic E-state index is 5.57. The Morgan fingerprint density at radius 1 is 1.45 bits per heavy atom. The molecule has 0 amide bonds. The van der Waals surface area contributed by atoms with Crippen LogP contribution in [0.25, 0.3) is 0 Å². The Morgan fingerprint density at radius 2 is 2.18 bits per heavy atom. The van der Waals surface area contributed by atoms with Gasteiger partial charge in [0.2, 0.25) is 0 Å². The van der Waals surface area contributed by atoms with Crippen LogP contribution in [0.1, 0.15) is 32.1 Å². The van der Waals surface area contributed by atoms with Crippen LogP contribution in [0, 0.1) is 0 Å². The average molecular weight is 150 g/mol. The normalized spacial score (nSPS) is 9.09. The zero-order valence-electron chi connectivity index (χ0n) is 7.40. The van der Waals surface area contributed by atoms with Gasteiger partial charge >= 0.3 is 70.2 Å². The van der Waals surface area contributed by atoms with Crippen LogP contribution in [-0.2, 0) is 0 Å². The molecule has 0 fully saturated rings. The van der Waals surface area contributed by atoms with E-state index in [4.69, 9.17) is 7.49 Å². The molecule has 0 aromatic carbocycles. The van der Waals surface area contributed by atoms with Gasteiger partial charge in [0.15, 0.2) is 0 Å². The van der Waals surface area contributed by atoms with E-state index in [2.05, 4.69) is 11.9 Å². The molecular weight excluding hydrogens is 133 g/mol. The van der Waals surface area contributed by atoms with Gasteiger partial charge in [0.05, 0.1) is 0 Å². The predicted octanol–water partition coefficient (Wildman–Crippen LogP) is 1.64. The SMILES string of the molecule is [B]=C(CCCCCC=C)NC. The van der Waals surface area contributed by atoms with Crippen molar-refractivity contribution in [2.75, 3.05) is 7.05 Å². The molecule has 0 unspecified atom stereocenters.